The van der Waals surface area contributed by atoms with E-state index in [1.807, 2.05) is 13.8 Å². The molecule has 0 bridgehead atoms. The lowest BCUT2D eigenvalue weighted by Crippen LogP contribution is -2.29. The third kappa shape index (κ3) is 6.73. The summed E-state index contributed by atoms with van der Waals surface area (Å²) in [6, 6.07) is -0.788. The predicted molar refractivity (Wildman–Crippen MR) is 70.0 cm³/mol. The summed E-state index contributed by atoms with van der Waals surface area (Å²) in [4.78, 5) is 14.8. The molecule has 0 aromatic carbocycles. The zero-order valence-corrected chi connectivity index (χ0v) is 10.9. The molecular formula is C12H23N3O2. The van der Waals surface area contributed by atoms with Crippen LogP contribution in [-0.2, 0) is 4.79 Å². The lowest BCUT2D eigenvalue weighted by atomic mass is 9.99. The highest BCUT2D eigenvalue weighted by atomic mass is 16.4. The Hall–Kier alpha value is -1.36. The number of carboxylic acid groups (broad SMARTS) is 1. The van der Waals surface area contributed by atoms with E-state index in [0.717, 1.165) is 12.0 Å². The molecule has 1 atom stereocenters. The van der Waals surface area contributed by atoms with Gasteiger partial charge in [-0.05, 0) is 33.1 Å². The van der Waals surface area contributed by atoms with Gasteiger partial charge in [0.15, 0.2) is 0 Å². The summed E-state index contributed by atoms with van der Waals surface area (Å²) in [5.41, 5.74) is 13.3. The Morgan fingerprint density at radius 3 is 2.41 bits per heavy atom. The first-order valence-corrected chi connectivity index (χ1v) is 5.80. The second-order valence-electron chi connectivity index (χ2n) is 4.18. The van der Waals surface area contributed by atoms with Crippen molar-refractivity contribution in [3.63, 3.8) is 0 Å². The highest BCUT2D eigenvalue weighted by Crippen LogP contribution is 2.16. The Morgan fingerprint density at radius 1 is 1.41 bits per heavy atom. The predicted octanol–water partition coefficient (Wildman–Crippen LogP) is 1.28. The van der Waals surface area contributed by atoms with Gasteiger partial charge in [0.05, 0.1) is 12.4 Å². The molecule has 0 fully saturated rings. The van der Waals surface area contributed by atoms with Gasteiger partial charge in [0.1, 0.15) is 6.04 Å². The van der Waals surface area contributed by atoms with Gasteiger partial charge in [0.2, 0.25) is 0 Å². The molecule has 5 N–H and O–H groups in total. The summed E-state index contributed by atoms with van der Waals surface area (Å²) in [5, 5.41) is 8.70. The van der Waals surface area contributed by atoms with Gasteiger partial charge in [0, 0.05) is 0 Å². The number of aliphatic carboxylic acids is 1. The second-order valence-corrected chi connectivity index (χ2v) is 4.18. The average Bonchev–Trinajstić information content (AvgIpc) is 2.26. The van der Waals surface area contributed by atoms with E-state index in [4.69, 9.17) is 16.6 Å². The average molecular weight is 241 g/mol. The molecule has 0 saturated heterocycles. The van der Waals surface area contributed by atoms with Crippen LogP contribution in [0.5, 0.6) is 0 Å². The quantitative estimate of drug-likeness (QED) is 0.355. The molecule has 0 rings (SSSR count). The monoisotopic (exact) mass is 241 g/mol. The maximum Gasteiger partial charge on any atom is 0.320 e. The Kier molecular flexibility index (Phi) is 7.21. The van der Waals surface area contributed by atoms with Crippen molar-refractivity contribution in [2.24, 2.45) is 16.5 Å². The van der Waals surface area contributed by atoms with Crippen molar-refractivity contribution in [1.82, 2.24) is 0 Å². The Morgan fingerprint density at radius 2 is 2.00 bits per heavy atom. The Balaban J connectivity index is 4.44. The van der Waals surface area contributed by atoms with Crippen molar-refractivity contribution in [2.75, 3.05) is 6.54 Å². The molecule has 1 unspecified atom stereocenters. The molecule has 0 radical (unpaired) electrons. The Bertz CT molecular complexity index is 318. The van der Waals surface area contributed by atoms with Gasteiger partial charge in [-0.2, -0.15) is 0 Å². The van der Waals surface area contributed by atoms with E-state index in [2.05, 4.69) is 4.99 Å². The molecule has 0 amide bonds. The van der Waals surface area contributed by atoms with Gasteiger partial charge >= 0.3 is 5.97 Å². The fourth-order valence-corrected chi connectivity index (χ4v) is 1.50. The van der Waals surface area contributed by atoms with E-state index < -0.39 is 12.0 Å². The first-order valence-electron chi connectivity index (χ1n) is 5.80. The standard InChI is InChI=1S/C12H23N3O2/c1-4-10(5-6-11(14)12(16)17)8(2)7-15-9(3)13/h11H,4-7,14H2,1-3H3,(H2,13,15)(H,16,17)/b10-8+. The largest absolute Gasteiger partial charge is 0.480 e. The van der Waals surface area contributed by atoms with Crippen molar-refractivity contribution >= 4 is 11.8 Å². The van der Waals surface area contributed by atoms with Gasteiger partial charge in [-0.15, -0.1) is 0 Å². The number of hydrogen-bond donors (Lipinski definition) is 3. The van der Waals surface area contributed by atoms with Crippen LogP contribution in [0.15, 0.2) is 16.1 Å². The maximum absolute atomic E-state index is 10.6. The number of nitrogens with two attached hydrogens (primary N) is 2. The molecule has 0 aromatic rings. The molecule has 0 aliphatic carbocycles. The second kappa shape index (κ2) is 7.84. The first kappa shape index (κ1) is 15.6. The van der Waals surface area contributed by atoms with Crippen LogP contribution in [0, 0.1) is 0 Å². The molecule has 0 heterocycles. The highest BCUT2D eigenvalue weighted by molar-refractivity contribution is 5.77. The first-order chi connectivity index (χ1) is 7.88. The van der Waals surface area contributed by atoms with Crippen molar-refractivity contribution in [3.8, 4) is 0 Å². The van der Waals surface area contributed by atoms with Crippen LogP contribution in [0.2, 0.25) is 0 Å². The van der Waals surface area contributed by atoms with E-state index in [-0.39, 0.29) is 0 Å². The zero-order chi connectivity index (χ0) is 13.4. The number of nitrogens with zero attached hydrogens (tertiary/aromatic N) is 1. The molecule has 17 heavy (non-hydrogen) atoms. The van der Waals surface area contributed by atoms with Crippen LogP contribution in [0.4, 0.5) is 0 Å². The lowest BCUT2D eigenvalue weighted by molar-refractivity contribution is -0.138. The van der Waals surface area contributed by atoms with E-state index in [9.17, 15) is 4.79 Å². The SMILES string of the molecule is CC/C(CCC(N)C(=O)O)=C(/C)CN=C(C)N. The lowest BCUT2D eigenvalue weighted by Gasteiger charge is -2.11. The molecule has 5 nitrogen and oxygen atoms in total. The van der Waals surface area contributed by atoms with Gasteiger partial charge in [-0.25, -0.2) is 0 Å². The van der Waals surface area contributed by atoms with Crippen LogP contribution < -0.4 is 11.5 Å². The number of aliphatic imine (C=N–C) groups is 1. The fraction of sp³-hybridized carbons (Fsp3) is 0.667. The Labute approximate surface area is 103 Å². The molecule has 0 saturated carbocycles. The van der Waals surface area contributed by atoms with Gasteiger partial charge in [0.25, 0.3) is 0 Å². The van der Waals surface area contributed by atoms with Crippen LogP contribution in [-0.4, -0.2) is 29.5 Å². The molecular weight excluding hydrogens is 218 g/mol. The minimum absolute atomic E-state index is 0.459. The molecule has 0 spiro atoms. The van der Waals surface area contributed by atoms with Crippen LogP contribution in [0.3, 0.4) is 0 Å². The fourth-order valence-electron chi connectivity index (χ4n) is 1.50. The summed E-state index contributed by atoms with van der Waals surface area (Å²) in [6.07, 6.45) is 2.05. The molecule has 0 aromatic heterocycles. The third-order valence-electron chi connectivity index (χ3n) is 2.67. The summed E-state index contributed by atoms with van der Waals surface area (Å²) < 4.78 is 0. The summed E-state index contributed by atoms with van der Waals surface area (Å²) in [7, 11) is 0. The third-order valence-corrected chi connectivity index (χ3v) is 2.67. The number of carbonyl (C=O) groups is 1. The zero-order valence-electron chi connectivity index (χ0n) is 10.9. The number of carboxylic acids is 1. The summed E-state index contributed by atoms with van der Waals surface area (Å²) >= 11 is 0. The van der Waals surface area contributed by atoms with Crippen LogP contribution in [0.1, 0.15) is 40.0 Å². The number of amidine groups is 1. The molecule has 0 aliphatic rings. The van der Waals surface area contributed by atoms with Crippen LogP contribution in [0.25, 0.3) is 0 Å². The van der Waals surface area contributed by atoms with Crippen molar-refractivity contribution in [2.45, 2.75) is 46.1 Å². The van der Waals surface area contributed by atoms with E-state index in [0.29, 0.717) is 25.2 Å². The minimum Gasteiger partial charge on any atom is -0.480 e. The van der Waals surface area contributed by atoms with E-state index >= 15 is 0 Å². The maximum atomic E-state index is 10.6. The summed E-state index contributed by atoms with van der Waals surface area (Å²) in [5.74, 6) is -0.393. The summed E-state index contributed by atoms with van der Waals surface area (Å²) in [6.45, 7) is 6.37. The number of allylic oxidation sites excluding steroid dienone is 1. The molecule has 98 valence electrons. The topological polar surface area (TPSA) is 102 Å². The minimum atomic E-state index is -0.950. The van der Waals surface area contributed by atoms with Gasteiger partial charge < -0.3 is 16.6 Å². The van der Waals surface area contributed by atoms with E-state index in [1.54, 1.807) is 6.92 Å². The molecule has 5 heteroatoms. The van der Waals surface area contributed by atoms with Gasteiger partial charge in [-0.1, -0.05) is 18.1 Å². The van der Waals surface area contributed by atoms with E-state index in [1.165, 1.54) is 5.57 Å². The smallest absolute Gasteiger partial charge is 0.320 e. The van der Waals surface area contributed by atoms with Crippen molar-refractivity contribution < 1.29 is 9.90 Å². The van der Waals surface area contributed by atoms with Crippen molar-refractivity contribution in [1.29, 1.82) is 0 Å². The van der Waals surface area contributed by atoms with Gasteiger partial charge in [-0.3, -0.25) is 9.79 Å². The van der Waals surface area contributed by atoms with Crippen LogP contribution >= 0.6 is 0 Å². The number of hydrogen-bond acceptors (Lipinski definition) is 3. The van der Waals surface area contributed by atoms with Crippen molar-refractivity contribution in [3.05, 3.63) is 11.1 Å². The number of rotatable bonds is 7. The molecule has 0 aliphatic heterocycles. The highest BCUT2D eigenvalue weighted by Gasteiger charge is 2.12. The normalized spacial score (nSPS) is 15.4.